The van der Waals surface area contributed by atoms with Crippen LogP contribution in [0.4, 0.5) is 0 Å². The Morgan fingerprint density at radius 1 is 0.963 bits per heavy atom. The molecule has 0 fully saturated rings. The highest BCUT2D eigenvalue weighted by Gasteiger charge is 2.25. The maximum Gasteiger partial charge on any atom is 0.122 e. The lowest BCUT2D eigenvalue weighted by Gasteiger charge is -2.35. The summed E-state index contributed by atoms with van der Waals surface area (Å²) in [5.41, 5.74) is 2.90. The monoisotopic (exact) mass is 397 g/mol. The normalized spacial score (nSPS) is 16.4. The summed E-state index contributed by atoms with van der Waals surface area (Å²) in [7, 11) is 1.79. The van der Waals surface area contributed by atoms with Crippen LogP contribution in [0.3, 0.4) is 0 Å². The maximum atomic E-state index is 5.59. The fourth-order valence-corrected chi connectivity index (χ4v) is 5.55. The third-order valence-electron chi connectivity index (χ3n) is 5.60. The second kappa shape index (κ2) is 9.05. The molecular formula is C23H27NOS2. The van der Waals surface area contributed by atoms with E-state index in [1.807, 2.05) is 22.7 Å². The van der Waals surface area contributed by atoms with Crippen molar-refractivity contribution < 1.29 is 4.74 Å². The zero-order valence-electron chi connectivity index (χ0n) is 15.9. The van der Waals surface area contributed by atoms with Crippen LogP contribution in [0, 0.1) is 0 Å². The molecule has 142 valence electrons. The minimum Gasteiger partial charge on any atom is -0.496 e. The van der Waals surface area contributed by atoms with Gasteiger partial charge < -0.3 is 4.74 Å². The minimum absolute atomic E-state index is 0.629. The number of benzene rings is 1. The zero-order valence-corrected chi connectivity index (χ0v) is 17.5. The SMILES string of the molecule is COc1cccc2c1CC[C@H](N(CCc1cccs1)CCc1cccs1)C2. The molecule has 1 aliphatic carbocycles. The van der Waals surface area contributed by atoms with Gasteiger partial charge in [-0.25, -0.2) is 0 Å². The highest BCUT2D eigenvalue weighted by atomic mass is 32.1. The quantitative estimate of drug-likeness (QED) is 0.500. The van der Waals surface area contributed by atoms with Gasteiger partial charge in [-0.15, -0.1) is 22.7 Å². The lowest BCUT2D eigenvalue weighted by Crippen LogP contribution is -2.41. The molecule has 1 atom stereocenters. The van der Waals surface area contributed by atoms with E-state index in [0.29, 0.717) is 6.04 Å². The smallest absolute Gasteiger partial charge is 0.122 e. The summed E-state index contributed by atoms with van der Waals surface area (Å²) in [5, 5.41) is 4.38. The van der Waals surface area contributed by atoms with Crippen LogP contribution in [-0.4, -0.2) is 31.1 Å². The van der Waals surface area contributed by atoms with Crippen LogP contribution in [0.2, 0.25) is 0 Å². The van der Waals surface area contributed by atoms with Crippen molar-refractivity contribution in [2.45, 2.75) is 38.1 Å². The van der Waals surface area contributed by atoms with E-state index in [0.717, 1.165) is 44.5 Å². The molecule has 2 heterocycles. The Morgan fingerprint density at radius 3 is 2.26 bits per heavy atom. The number of nitrogens with zero attached hydrogens (tertiary/aromatic N) is 1. The molecule has 4 rings (SSSR count). The highest BCUT2D eigenvalue weighted by Crippen LogP contribution is 2.31. The van der Waals surface area contributed by atoms with Gasteiger partial charge in [0, 0.05) is 28.9 Å². The summed E-state index contributed by atoms with van der Waals surface area (Å²) >= 11 is 3.76. The molecule has 2 aromatic heterocycles. The van der Waals surface area contributed by atoms with E-state index in [2.05, 4.69) is 58.1 Å². The van der Waals surface area contributed by atoms with Gasteiger partial charge in [-0.05, 0) is 72.2 Å². The molecule has 0 aliphatic heterocycles. The van der Waals surface area contributed by atoms with Gasteiger partial charge in [-0.1, -0.05) is 24.3 Å². The molecule has 1 aliphatic rings. The molecule has 0 saturated carbocycles. The Morgan fingerprint density at radius 2 is 1.67 bits per heavy atom. The predicted octanol–water partition coefficient (Wildman–Crippen LogP) is 5.46. The summed E-state index contributed by atoms with van der Waals surface area (Å²) in [6, 6.07) is 16.0. The maximum absolute atomic E-state index is 5.59. The summed E-state index contributed by atoms with van der Waals surface area (Å²) < 4.78 is 5.59. The van der Waals surface area contributed by atoms with Gasteiger partial charge in [0.15, 0.2) is 0 Å². The van der Waals surface area contributed by atoms with E-state index in [4.69, 9.17) is 4.74 Å². The summed E-state index contributed by atoms with van der Waals surface area (Å²) in [5.74, 6) is 1.06. The molecule has 0 amide bonds. The molecular weight excluding hydrogens is 370 g/mol. The van der Waals surface area contributed by atoms with Crippen LogP contribution in [0.15, 0.2) is 53.2 Å². The van der Waals surface area contributed by atoms with Crippen molar-refractivity contribution in [1.82, 2.24) is 4.90 Å². The fraction of sp³-hybridized carbons (Fsp3) is 0.391. The van der Waals surface area contributed by atoms with Crippen molar-refractivity contribution in [2.75, 3.05) is 20.2 Å². The third-order valence-corrected chi connectivity index (χ3v) is 7.47. The fourth-order valence-electron chi connectivity index (χ4n) is 4.15. The van der Waals surface area contributed by atoms with Crippen LogP contribution in [-0.2, 0) is 25.7 Å². The average Bonchev–Trinajstić information content (AvgIpc) is 3.41. The Kier molecular flexibility index (Phi) is 6.28. The standard InChI is InChI=1S/C23H27NOS2/c1-25-23-8-2-5-18-17-19(9-10-22(18)23)24(13-11-20-6-3-15-26-20)14-12-21-7-4-16-27-21/h2-8,15-16,19H,9-14,17H2,1H3/t19-/m0/s1. The Bertz CT molecular complexity index is 788. The highest BCUT2D eigenvalue weighted by molar-refractivity contribution is 7.10. The Hall–Kier alpha value is -1.62. The molecule has 3 aromatic rings. The molecule has 0 unspecified atom stereocenters. The number of thiophene rings is 2. The lowest BCUT2D eigenvalue weighted by atomic mass is 9.86. The van der Waals surface area contributed by atoms with Gasteiger partial charge in [0.2, 0.25) is 0 Å². The molecule has 0 spiro atoms. The van der Waals surface area contributed by atoms with Gasteiger partial charge in [-0.2, -0.15) is 0 Å². The van der Waals surface area contributed by atoms with E-state index in [9.17, 15) is 0 Å². The number of methoxy groups -OCH3 is 1. The summed E-state index contributed by atoms with van der Waals surface area (Å²) in [6.07, 6.45) is 5.80. The Labute approximate surface area is 170 Å². The number of hydrogen-bond acceptors (Lipinski definition) is 4. The van der Waals surface area contributed by atoms with Gasteiger partial charge in [0.25, 0.3) is 0 Å². The third kappa shape index (κ3) is 4.63. The number of ether oxygens (including phenoxy) is 1. The van der Waals surface area contributed by atoms with Crippen LogP contribution in [0.25, 0.3) is 0 Å². The largest absolute Gasteiger partial charge is 0.496 e. The molecule has 0 bridgehead atoms. The molecule has 4 heteroatoms. The number of rotatable bonds is 8. The first-order valence-electron chi connectivity index (χ1n) is 9.77. The molecule has 2 nitrogen and oxygen atoms in total. The molecule has 27 heavy (non-hydrogen) atoms. The molecule has 0 radical (unpaired) electrons. The summed E-state index contributed by atoms with van der Waals surface area (Å²) in [4.78, 5) is 5.73. The average molecular weight is 398 g/mol. The van der Waals surface area contributed by atoms with Gasteiger partial charge in [0.05, 0.1) is 7.11 Å². The van der Waals surface area contributed by atoms with Crippen molar-refractivity contribution in [3.63, 3.8) is 0 Å². The number of hydrogen-bond donors (Lipinski definition) is 0. The molecule has 1 aromatic carbocycles. The van der Waals surface area contributed by atoms with Crippen LogP contribution < -0.4 is 4.74 Å². The first kappa shape index (κ1) is 18.7. The van der Waals surface area contributed by atoms with Crippen LogP contribution in [0.1, 0.15) is 27.3 Å². The van der Waals surface area contributed by atoms with Crippen LogP contribution >= 0.6 is 22.7 Å². The Balaban J connectivity index is 1.46. The van der Waals surface area contributed by atoms with E-state index >= 15 is 0 Å². The minimum atomic E-state index is 0.629. The molecule has 0 N–H and O–H groups in total. The predicted molar refractivity (Wildman–Crippen MR) is 116 cm³/mol. The van der Waals surface area contributed by atoms with E-state index < -0.39 is 0 Å². The lowest BCUT2D eigenvalue weighted by molar-refractivity contribution is 0.183. The van der Waals surface area contributed by atoms with Crippen LogP contribution in [0.5, 0.6) is 5.75 Å². The van der Waals surface area contributed by atoms with E-state index in [1.54, 1.807) is 7.11 Å². The first-order valence-corrected chi connectivity index (χ1v) is 11.5. The second-order valence-electron chi connectivity index (χ2n) is 7.19. The van der Waals surface area contributed by atoms with E-state index in [-0.39, 0.29) is 0 Å². The van der Waals surface area contributed by atoms with E-state index in [1.165, 1.54) is 27.3 Å². The zero-order chi connectivity index (χ0) is 18.5. The van der Waals surface area contributed by atoms with Crippen molar-refractivity contribution in [1.29, 1.82) is 0 Å². The molecule has 0 saturated heterocycles. The topological polar surface area (TPSA) is 12.5 Å². The van der Waals surface area contributed by atoms with Gasteiger partial charge in [0.1, 0.15) is 5.75 Å². The first-order chi connectivity index (χ1) is 13.3. The van der Waals surface area contributed by atoms with Gasteiger partial charge in [-0.3, -0.25) is 4.90 Å². The summed E-state index contributed by atoms with van der Waals surface area (Å²) in [6.45, 7) is 2.30. The number of fused-ring (bicyclic) bond motifs is 1. The second-order valence-corrected chi connectivity index (χ2v) is 9.25. The van der Waals surface area contributed by atoms with Crippen molar-refractivity contribution in [3.8, 4) is 5.75 Å². The van der Waals surface area contributed by atoms with Crippen molar-refractivity contribution >= 4 is 22.7 Å². The van der Waals surface area contributed by atoms with Gasteiger partial charge >= 0.3 is 0 Å². The van der Waals surface area contributed by atoms with Crippen molar-refractivity contribution in [3.05, 3.63) is 74.1 Å². The van der Waals surface area contributed by atoms with Crippen molar-refractivity contribution in [2.24, 2.45) is 0 Å².